The van der Waals surface area contributed by atoms with E-state index in [1.54, 1.807) is 24.3 Å². The zero-order valence-electron chi connectivity index (χ0n) is 19.5. The minimum atomic E-state index is -0.835. The standard InChI is InChI=1S/C27H22BrClN2O5/c1-3-35-23-13-18(22(28)14-24(23)36-15-17-6-4-5-16(2)11-17)12-21-25(32)30-27(34)31(26(21)33)20-9-7-19(29)8-10-20/h4-14H,3,15H2,1-2H3,(H,30,32,34)/b21-12+. The highest BCUT2D eigenvalue weighted by Gasteiger charge is 2.37. The van der Waals surface area contributed by atoms with Crippen LogP contribution in [0.4, 0.5) is 10.5 Å². The molecule has 3 aromatic rings. The lowest BCUT2D eigenvalue weighted by Gasteiger charge is -2.26. The van der Waals surface area contributed by atoms with Crippen molar-refractivity contribution >= 4 is 57.1 Å². The van der Waals surface area contributed by atoms with Gasteiger partial charge in [0.1, 0.15) is 12.2 Å². The predicted octanol–water partition coefficient (Wildman–Crippen LogP) is 6.06. The molecule has 3 aromatic carbocycles. The quantitative estimate of drug-likeness (QED) is 0.276. The van der Waals surface area contributed by atoms with Gasteiger partial charge in [-0.15, -0.1) is 0 Å². The van der Waals surface area contributed by atoms with E-state index in [-0.39, 0.29) is 11.3 Å². The van der Waals surface area contributed by atoms with Crippen molar-refractivity contribution in [1.29, 1.82) is 0 Å². The van der Waals surface area contributed by atoms with E-state index in [0.29, 0.717) is 39.8 Å². The van der Waals surface area contributed by atoms with E-state index in [1.807, 2.05) is 38.1 Å². The Morgan fingerprint density at radius 3 is 2.42 bits per heavy atom. The number of aryl methyl sites for hydroxylation is 1. The molecule has 7 nitrogen and oxygen atoms in total. The molecule has 0 atom stereocenters. The second-order valence-corrected chi connectivity index (χ2v) is 9.26. The number of hydrogen-bond acceptors (Lipinski definition) is 5. The van der Waals surface area contributed by atoms with Crippen LogP contribution in [-0.4, -0.2) is 24.5 Å². The van der Waals surface area contributed by atoms with Gasteiger partial charge in [0.2, 0.25) is 0 Å². The molecule has 0 unspecified atom stereocenters. The van der Waals surface area contributed by atoms with Gasteiger partial charge in [0.15, 0.2) is 11.5 Å². The molecule has 4 amide bonds. The van der Waals surface area contributed by atoms with Gasteiger partial charge in [-0.3, -0.25) is 14.9 Å². The van der Waals surface area contributed by atoms with Crippen molar-refractivity contribution in [3.8, 4) is 11.5 Å². The fraction of sp³-hybridized carbons (Fsp3) is 0.148. The first-order valence-corrected chi connectivity index (χ1v) is 12.3. The number of nitrogens with zero attached hydrogens (tertiary/aromatic N) is 1. The van der Waals surface area contributed by atoms with Gasteiger partial charge in [-0.25, -0.2) is 9.69 Å². The minimum absolute atomic E-state index is 0.207. The lowest BCUT2D eigenvalue weighted by atomic mass is 10.1. The Balaban J connectivity index is 1.66. The first-order chi connectivity index (χ1) is 17.3. The van der Waals surface area contributed by atoms with Crippen molar-refractivity contribution in [1.82, 2.24) is 5.32 Å². The van der Waals surface area contributed by atoms with Crippen molar-refractivity contribution in [2.24, 2.45) is 0 Å². The van der Waals surface area contributed by atoms with E-state index >= 15 is 0 Å². The smallest absolute Gasteiger partial charge is 0.335 e. The Labute approximate surface area is 221 Å². The van der Waals surface area contributed by atoms with E-state index in [2.05, 4.69) is 21.2 Å². The molecule has 0 saturated carbocycles. The second-order valence-electron chi connectivity index (χ2n) is 7.97. The van der Waals surface area contributed by atoms with Crippen LogP contribution >= 0.6 is 27.5 Å². The third-order valence-corrected chi connectivity index (χ3v) is 6.26. The SMILES string of the molecule is CCOc1cc(/C=C2\C(=O)NC(=O)N(c3ccc(Cl)cc3)C2=O)c(Br)cc1OCc1cccc(C)c1. The van der Waals surface area contributed by atoms with E-state index in [1.165, 1.54) is 18.2 Å². The van der Waals surface area contributed by atoms with Crippen LogP contribution in [-0.2, 0) is 16.2 Å². The lowest BCUT2D eigenvalue weighted by molar-refractivity contribution is -0.122. The zero-order valence-corrected chi connectivity index (χ0v) is 21.9. The molecule has 0 aromatic heterocycles. The molecule has 0 radical (unpaired) electrons. The summed E-state index contributed by atoms with van der Waals surface area (Å²) in [7, 11) is 0. The van der Waals surface area contributed by atoms with Crippen LogP contribution in [0.25, 0.3) is 6.08 Å². The Bertz CT molecular complexity index is 1370. The van der Waals surface area contributed by atoms with E-state index in [9.17, 15) is 14.4 Å². The maximum absolute atomic E-state index is 13.2. The highest BCUT2D eigenvalue weighted by Crippen LogP contribution is 2.36. The summed E-state index contributed by atoms with van der Waals surface area (Å²) in [6.07, 6.45) is 1.41. The highest BCUT2D eigenvalue weighted by molar-refractivity contribution is 9.10. The van der Waals surface area contributed by atoms with Gasteiger partial charge < -0.3 is 9.47 Å². The largest absolute Gasteiger partial charge is 0.490 e. The number of imide groups is 2. The second kappa shape index (κ2) is 11.0. The number of anilines is 1. The molecule has 1 aliphatic heterocycles. The topological polar surface area (TPSA) is 84.9 Å². The number of halogens is 2. The molecule has 0 aliphatic carbocycles. The monoisotopic (exact) mass is 568 g/mol. The van der Waals surface area contributed by atoms with Gasteiger partial charge in [0.05, 0.1) is 12.3 Å². The number of barbiturate groups is 1. The summed E-state index contributed by atoms with van der Waals surface area (Å²) < 4.78 is 12.4. The van der Waals surface area contributed by atoms with Crippen LogP contribution < -0.4 is 19.7 Å². The Hall–Kier alpha value is -3.62. The highest BCUT2D eigenvalue weighted by atomic mass is 79.9. The van der Waals surface area contributed by atoms with E-state index in [4.69, 9.17) is 21.1 Å². The molecule has 1 N–H and O–H groups in total. The molecule has 1 heterocycles. The number of benzene rings is 3. The molecule has 36 heavy (non-hydrogen) atoms. The van der Waals surface area contributed by atoms with Crippen LogP contribution in [0.2, 0.25) is 5.02 Å². The van der Waals surface area contributed by atoms with Gasteiger partial charge >= 0.3 is 6.03 Å². The molecule has 1 fully saturated rings. The summed E-state index contributed by atoms with van der Waals surface area (Å²) in [5.41, 5.74) is 2.72. The Morgan fingerprint density at radius 1 is 1.00 bits per heavy atom. The summed E-state index contributed by atoms with van der Waals surface area (Å²) in [5, 5.41) is 2.66. The van der Waals surface area contributed by atoms with Gasteiger partial charge in [-0.05, 0) is 67.4 Å². The summed E-state index contributed by atoms with van der Waals surface area (Å²) >= 11 is 9.42. The van der Waals surface area contributed by atoms with Crippen LogP contribution in [0.1, 0.15) is 23.6 Å². The predicted molar refractivity (Wildman–Crippen MR) is 141 cm³/mol. The lowest BCUT2D eigenvalue weighted by Crippen LogP contribution is -2.54. The van der Waals surface area contributed by atoms with Gasteiger partial charge in [0, 0.05) is 9.50 Å². The first-order valence-electron chi connectivity index (χ1n) is 11.1. The van der Waals surface area contributed by atoms with E-state index in [0.717, 1.165) is 16.0 Å². The Morgan fingerprint density at radius 2 is 1.72 bits per heavy atom. The summed E-state index contributed by atoms with van der Waals surface area (Å²) in [6, 6.07) is 16.7. The number of hydrogen-bond donors (Lipinski definition) is 1. The zero-order chi connectivity index (χ0) is 25.8. The molecule has 1 saturated heterocycles. The Kier molecular flexibility index (Phi) is 7.76. The number of amides is 4. The summed E-state index contributed by atoms with van der Waals surface area (Å²) in [4.78, 5) is 39.1. The van der Waals surface area contributed by atoms with Gasteiger partial charge in [0.25, 0.3) is 11.8 Å². The van der Waals surface area contributed by atoms with Crippen LogP contribution in [0.3, 0.4) is 0 Å². The number of nitrogens with one attached hydrogen (secondary N) is 1. The molecule has 0 spiro atoms. The van der Waals surface area contributed by atoms with Gasteiger partial charge in [-0.2, -0.15) is 0 Å². The van der Waals surface area contributed by atoms with Crippen molar-refractivity contribution < 1.29 is 23.9 Å². The van der Waals surface area contributed by atoms with Crippen molar-refractivity contribution in [2.45, 2.75) is 20.5 Å². The molecule has 0 bridgehead atoms. The average molecular weight is 570 g/mol. The first kappa shape index (κ1) is 25.5. The van der Waals surface area contributed by atoms with Crippen LogP contribution in [0.5, 0.6) is 11.5 Å². The third-order valence-electron chi connectivity index (χ3n) is 5.33. The summed E-state index contributed by atoms with van der Waals surface area (Å²) in [6.45, 7) is 4.58. The number of carbonyl (C=O) groups is 3. The maximum Gasteiger partial charge on any atom is 0.335 e. The molecule has 184 valence electrons. The fourth-order valence-electron chi connectivity index (χ4n) is 3.64. The fourth-order valence-corrected chi connectivity index (χ4v) is 4.21. The van der Waals surface area contributed by atoms with E-state index < -0.39 is 17.8 Å². The number of carbonyl (C=O) groups excluding carboxylic acids is 3. The molecule has 9 heteroatoms. The molecular weight excluding hydrogens is 548 g/mol. The number of urea groups is 1. The van der Waals surface area contributed by atoms with Crippen molar-refractivity contribution in [2.75, 3.05) is 11.5 Å². The van der Waals surface area contributed by atoms with Crippen LogP contribution in [0.15, 0.2) is 70.7 Å². The van der Waals surface area contributed by atoms with Crippen LogP contribution in [0, 0.1) is 6.92 Å². The number of ether oxygens (including phenoxy) is 2. The maximum atomic E-state index is 13.2. The molecule has 4 rings (SSSR count). The number of rotatable bonds is 7. The summed E-state index contributed by atoms with van der Waals surface area (Å²) in [5.74, 6) is -0.588. The third kappa shape index (κ3) is 5.61. The minimum Gasteiger partial charge on any atom is -0.490 e. The average Bonchev–Trinajstić information content (AvgIpc) is 2.83. The van der Waals surface area contributed by atoms with Crippen molar-refractivity contribution in [3.63, 3.8) is 0 Å². The normalized spacial score (nSPS) is 14.7. The van der Waals surface area contributed by atoms with Gasteiger partial charge in [-0.1, -0.05) is 57.4 Å². The molecule has 1 aliphatic rings. The van der Waals surface area contributed by atoms with Crippen molar-refractivity contribution in [3.05, 3.63) is 92.4 Å². The molecular formula is C27H22BrClN2O5.